The molecule has 0 unspecified atom stereocenters. The largest absolute Gasteiger partial charge is 0.478 e. The number of rotatable bonds is 3. The van der Waals surface area contributed by atoms with Crippen LogP contribution in [-0.4, -0.2) is 16.9 Å². The van der Waals surface area contributed by atoms with Crippen molar-refractivity contribution in [3.8, 4) is 0 Å². The number of fused-ring (bicyclic) bond motifs is 1. The molecular weight excluding hydrogens is 216 g/mol. The lowest BCUT2D eigenvalue weighted by atomic mass is 10.0. The van der Waals surface area contributed by atoms with Gasteiger partial charge in [0.1, 0.15) is 5.78 Å². The van der Waals surface area contributed by atoms with E-state index in [9.17, 15) is 9.59 Å². The van der Waals surface area contributed by atoms with Crippen LogP contribution in [0.2, 0.25) is 0 Å². The van der Waals surface area contributed by atoms with E-state index < -0.39 is 5.97 Å². The highest BCUT2D eigenvalue weighted by Crippen LogP contribution is 2.18. The average molecular weight is 228 g/mol. The smallest absolute Gasteiger partial charge is 0.335 e. The van der Waals surface area contributed by atoms with Crippen molar-refractivity contribution in [1.82, 2.24) is 0 Å². The molecule has 0 atom stereocenters. The Morgan fingerprint density at radius 1 is 1.06 bits per heavy atom. The van der Waals surface area contributed by atoms with Crippen LogP contribution in [0.15, 0.2) is 36.4 Å². The molecule has 3 nitrogen and oxygen atoms in total. The Balaban J connectivity index is 2.50. The molecule has 0 aliphatic rings. The fraction of sp³-hybridized carbons (Fsp3) is 0.143. The summed E-state index contributed by atoms with van der Waals surface area (Å²) in [4.78, 5) is 21.9. The number of ketones is 1. The van der Waals surface area contributed by atoms with Crippen LogP contribution in [0.3, 0.4) is 0 Å². The van der Waals surface area contributed by atoms with Gasteiger partial charge in [0.05, 0.1) is 5.56 Å². The topological polar surface area (TPSA) is 54.4 Å². The van der Waals surface area contributed by atoms with Crippen molar-refractivity contribution in [2.75, 3.05) is 0 Å². The molecule has 0 aliphatic carbocycles. The second kappa shape index (κ2) is 4.37. The van der Waals surface area contributed by atoms with Gasteiger partial charge in [-0.05, 0) is 35.4 Å². The maximum absolute atomic E-state index is 11.0. The maximum atomic E-state index is 11.0. The van der Waals surface area contributed by atoms with Gasteiger partial charge in [0.15, 0.2) is 0 Å². The standard InChI is InChI=1S/C14H12O3/c1-9(15)6-10-2-3-11-4-5-12(14(16)17)8-13(11)7-10/h2-5,7-8H,6H2,1H3,(H,16,17). The van der Waals surface area contributed by atoms with Crippen LogP contribution >= 0.6 is 0 Å². The summed E-state index contributed by atoms with van der Waals surface area (Å²) in [6.45, 7) is 1.54. The molecule has 0 aliphatic heterocycles. The Hall–Kier alpha value is -2.16. The van der Waals surface area contributed by atoms with E-state index >= 15 is 0 Å². The van der Waals surface area contributed by atoms with Crippen molar-refractivity contribution in [3.63, 3.8) is 0 Å². The minimum absolute atomic E-state index is 0.0961. The summed E-state index contributed by atoms with van der Waals surface area (Å²) < 4.78 is 0. The van der Waals surface area contributed by atoms with Gasteiger partial charge in [-0.1, -0.05) is 24.3 Å². The van der Waals surface area contributed by atoms with Crippen LogP contribution in [0, 0.1) is 0 Å². The van der Waals surface area contributed by atoms with Crippen LogP contribution in [0.25, 0.3) is 10.8 Å². The van der Waals surface area contributed by atoms with Crippen molar-refractivity contribution >= 4 is 22.5 Å². The van der Waals surface area contributed by atoms with Gasteiger partial charge in [0, 0.05) is 6.42 Å². The summed E-state index contributed by atoms with van der Waals surface area (Å²) in [7, 11) is 0. The van der Waals surface area contributed by atoms with E-state index in [-0.39, 0.29) is 11.3 Å². The Morgan fingerprint density at radius 3 is 2.41 bits per heavy atom. The van der Waals surface area contributed by atoms with Crippen molar-refractivity contribution in [1.29, 1.82) is 0 Å². The molecule has 0 radical (unpaired) electrons. The van der Waals surface area contributed by atoms with Crippen molar-refractivity contribution in [3.05, 3.63) is 47.5 Å². The first kappa shape index (κ1) is 11.3. The first-order valence-corrected chi connectivity index (χ1v) is 5.32. The second-order valence-electron chi connectivity index (χ2n) is 4.08. The highest BCUT2D eigenvalue weighted by molar-refractivity contribution is 5.94. The molecule has 2 aromatic rings. The number of carbonyl (C=O) groups excluding carboxylic acids is 1. The predicted molar refractivity (Wildman–Crippen MR) is 65.3 cm³/mol. The number of carboxylic acids is 1. The number of carboxylic acid groups (broad SMARTS) is 1. The highest BCUT2D eigenvalue weighted by atomic mass is 16.4. The number of benzene rings is 2. The lowest BCUT2D eigenvalue weighted by Crippen LogP contribution is -1.97. The molecule has 0 bridgehead atoms. The zero-order valence-electron chi connectivity index (χ0n) is 9.43. The Morgan fingerprint density at radius 2 is 1.76 bits per heavy atom. The van der Waals surface area contributed by atoms with Gasteiger partial charge in [-0.25, -0.2) is 4.79 Å². The normalized spacial score (nSPS) is 10.4. The summed E-state index contributed by atoms with van der Waals surface area (Å²) in [6.07, 6.45) is 0.382. The number of Topliss-reactive ketones (excluding diaryl/α,β-unsaturated/α-hetero) is 1. The van der Waals surface area contributed by atoms with Gasteiger partial charge in [0.25, 0.3) is 0 Å². The van der Waals surface area contributed by atoms with Gasteiger partial charge >= 0.3 is 5.97 Å². The minimum atomic E-state index is -0.941. The monoisotopic (exact) mass is 228 g/mol. The van der Waals surface area contributed by atoms with E-state index in [2.05, 4.69) is 0 Å². The molecule has 2 rings (SSSR count). The van der Waals surface area contributed by atoms with Crippen LogP contribution < -0.4 is 0 Å². The van der Waals surface area contributed by atoms with Crippen LogP contribution in [0.1, 0.15) is 22.8 Å². The molecule has 0 heterocycles. The van der Waals surface area contributed by atoms with Gasteiger partial charge < -0.3 is 5.11 Å². The third-order valence-electron chi connectivity index (χ3n) is 2.60. The molecule has 0 saturated heterocycles. The number of hydrogen-bond donors (Lipinski definition) is 1. The lowest BCUT2D eigenvalue weighted by molar-refractivity contribution is -0.116. The van der Waals surface area contributed by atoms with E-state index in [1.807, 2.05) is 18.2 Å². The zero-order chi connectivity index (χ0) is 12.4. The third kappa shape index (κ3) is 2.50. The number of aromatic carboxylic acids is 1. The van der Waals surface area contributed by atoms with Gasteiger partial charge in [-0.2, -0.15) is 0 Å². The summed E-state index contributed by atoms with van der Waals surface area (Å²) in [5.41, 5.74) is 1.17. The second-order valence-corrected chi connectivity index (χ2v) is 4.08. The Kier molecular flexibility index (Phi) is 2.91. The molecule has 0 amide bonds. The van der Waals surface area contributed by atoms with Gasteiger partial charge in [-0.3, -0.25) is 4.79 Å². The lowest BCUT2D eigenvalue weighted by Gasteiger charge is -2.03. The minimum Gasteiger partial charge on any atom is -0.478 e. The van der Waals surface area contributed by atoms with Crippen molar-refractivity contribution < 1.29 is 14.7 Å². The van der Waals surface area contributed by atoms with Gasteiger partial charge in [0.2, 0.25) is 0 Å². The summed E-state index contributed by atoms with van der Waals surface area (Å²) >= 11 is 0. The molecule has 1 N–H and O–H groups in total. The fourth-order valence-electron chi connectivity index (χ4n) is 1.83. The van der Waals surface area contributed by atoms with Crippen LogP contribution in [0.5, 0.6) is 0 Å². The van der Waals surface area contributed by atoms with Crippen LogP contribution in [-0.2, 0) is 11.2 Å². The van der Waals surface area contributed by atoms with Crippen molar-refractivity contribution in [2.45, 2.75) is 13.3 Å². The van der Waals surface area contributed by atoms with Crippen LogP contribution in [0.4, 0.5) is 0 Å². The summed E-state index contributed by atoms with van der Waals surface area (Å²) in [5.74, 6) is -0.845. The number of hydrogen-bond acceptors (Lipinski definition) is 2. The fourth-order valence-corrected chi connectivity index (χ4v) is 1.83. The molecule has 0 saturated carbocycles. The molecule has 17 heavy (non-hydrogen) atoms. The predicted octanol–water partition coefficient (Wildman–Crippen LogP) is 2.67. The maximum Gasteiger partial charge on any atom is 0.335 e. The number of carbonyl (C=O) groups is 2. The van der Waals surface area contributed by atoms with Gasteiger partial charge in [-0.15, -0.1) is 0 Å². The molecule has 0 spiro atoms. The molecule has 0 aromatic heterocycles. The SMILES string of the molecule is CC(=O)Cc1ccc2ccc(C(=O)O)cc2c1. The Labute approximate surface area is 98.7 Å². The first-order chi connectivity index (χ1) is 8.06. The Bertz CT molecular complexity index is 599. The molecule has 2 aromatic carbocycles. The van der Waals surface area contributed by atoms with E-state index in [1.54, 1.807) is 18.2 Å². The molecule has 0 fully saturated rings. The zero-order valence-corrected chi connectivity index (χ0v) is 9.43. The first-order valence-electron chi connectivity index (χ1n) is 5.32. The molecule has 3 heteroatoms. The van der Waals surface area contributed by atoms with E-state index in [4.69, 9.17) is 5.11 Å². The highest BCUT2D eigenvalue weighted by Gasteiger charge is 2.04. The van der Waals surface area contributed by atoms with E-state index in [0.29, 0.717) is 6.42 Å². The van der Waals surface area contributed by atoms with Crippen molar-refractivity contribution in [2.24, 2.45) is 0 Å². The summed E-state index contributed by atoms with van der Waals surface area (Å²) in [5, 5.41) is 10.7. The summed E-state index contributed by atoms with van der Waals surface area (Å²) in [6, 6.07) is 10.6. The quantitative estimate of drug-likeness (QED) is 0.878. The van der Waals surface area contributed by atoms with E-state index in [0.717, 1.165) is 16.3 Å². The van der Waals surface area contributed by atoms with E-state index in [1.165, 1.54) is 6.92 Å². The molecular formula is C14H12O3. The molecule has 86 valence electrons. The average Bonchev–Trinajstić information content (AvgIpc) is 2.27. The third-order valence-corrected chi connectivity index (χ3v) is 2.60.